The molecule has 7 rings (SSSR count). The van der Waals surface area contributed by atoms with Gasteiger partial charge >= 0.3 is 0 Å². The van der Waals surface area contributed by atoms with Crippen molar-refractivity contribution in [3.05, 3.63) is 71.3 Å². The van der Waals surface area contributed by atoms with Crippen molar-refractivity contribution in [1.29, 1.82) is 0 Å². The first kappa shape index (κ1) is 28.7. The molecule has 2 aromatic heterocycles. The number of fused-ring (bicyclic) bond motifs is 1. The van der Waals surface area contributed by atoms with E-state index in [0.717, 1.165) is 48.0 Å². The summed E-state index contributed by atoms with van der Waals surface area (Å²) in [4.78, 5) is 20.3. The van der Waals surface area contributed by atoms with Crippen molar-refractivity contribution in [3.63, 3.8) is 0 Å². The van der Waals surface area contributed by atoms with Gasteiger partial charge in [0.2, 0.25) is 5.95 Å². The lowest BCUT2D eigenvalue weighted by atomic mass is 9.94. The summed E-state index contributed by atoms with van der Waals surface area (Å²) in [5.74, 6) is 1.71. The molecule has 4 aromatic rings. The third-order valence-electron chi connectivity index (χ3n) is 9.29. The number of nitrogens with one attached hydrogen (secondary N) is 3. The van der Waals surface area contributed by atoms with E-state index in [1.165, 1.54) is 82.9 Å². The molecule has 0 aliphatic carbocycles. The standard InChI is InChI=1S/C33H40ClFN8/c34-27-13-28(35)15-29(14-27)39-33-38-19-31-30(18-37-32(31)40-33)26-3-1-23(2-4-26)20-42-9-11-43(12-10-42)21-24-5-7-41(8-6-24)22-25-16-36-17-25/h1-4,13-15,18-19,24-25,36H,5-12,16-17,20-22H2,(H2,37,38,39,40). The van der Waals surface area contributed by atoms with E-state index >= 15 is 0 Å². The molecule has 0 saturated carbocycles. The number of aromatic amines is 1. The van der Waals surface area contributed by atoms with Crippen LogP contribution in [0.25, 0.3) is 22.2 Å². The fourth-order valence-electron chi connectivity index (χ4n) is 6.70. The number of likely N-dealkylation sites (tertiary alicyclic amines) is 1. The number of piperazine rings is 1. The van der Waals surface area contributed by atoms with Crippen molar-refractivity contribution in [1.82, 2.24) is 35.0 Å². The molecule has 0 radical (unpaired) electrons. The van der Waals surface area contributed by atoms with Gasteiger partial charge in [-0.3, -0.25) is 4.90 Å². The molecule has 3 aliphatic heterocycles. The molecular weight excluding hydrogens is 563 g/mol. The van der Waals surface area contributed by atoms with Crippen LogP contribution in [-0.4, -0.2) is 95.1 Å². The van der Waals surface area contributed by atoms with Crippen LogP contribution in [0.2, 0.25) is 5.02 Å². The van der Waals surface area contributed by atoms with Crippen LogP contribution in [-0.2, 0) is 6.54 Å². The molecule has 0 bridgehead atoms. The minimum Gasteiger partial charge on any atom is -0.345 e. The van der Waals surface area contributed by atoms with E-state index in [4.69, 9.17) is 11.6 Å². The molecule has 3 N–H and O–H groups in total. The number of halogens is 2. The molecule has 43 heavy (non-hydrogen) atoms. The van der Waals surface area contributed by atoms with Crippen LogP contribution in [0.4, 0.5) is 16.0 Å². The second kappa shape index (κ2) is 12.9. The van der Waals surface area contributed by atoms with Gasteiger partial charge in [0.1, 0.15) is 11.5 Å². The molecule has 3 fully saturated rings. The summed E-state index contributed by atoms with van der Waals surface area (Å²) < 4.78 is 13.7. The van der Waals surface area contributed by atoms with Crippen molar-refractivity contribution >= 4 is 34.3 Å². The maximum Gasteiger partial charge on any atom is 0.229 e. The number of rotatable bonds is 9. The number of nitrogens with zero attached hydrogens (tertiary/aromatic N) is 5. The molecule has 10 heteroatoms. The first-order valence-electron chi connectivity index (χ1n) is 15.6. The van der Waals surface area contributed by atoms with E-state index in [2.05, 4.69) is 64.6 Å². The number of piperidine rings is 1. The van der Waals surface area contributed by atoms with E-state index < -0.39 is 5.82 Å². The number of hydrogen-bond donors (Lipinski definition) is 3. The smallest absolute Gasteiger partial charge is 0.229 e. The third-order valence-corrected chi connectivity index (χ3v) is 9.51. The molecule has 226 valence electrons. The lowest BCUT2D eigenvalue weighted by Gasteiger charge is -2.40. The van der Waals surface area contributed by atoms with Gasteiger partial charge in [-0.15, -0.1) is 0 Å². The summed E-state index contributed by atoms with van der Waals surface area (Å²) in [7, 11) is 0. The fraction of sp³-hybridized carbons (Fsp3) is 0.455. The lowest BCUT2D eigenvalue weighted by molar-refractivity contribution is 0.0849. The van der Waals surface area contributed by atoms with E-state index in [0.29, 0.717) is 22.3 Å². The highest BCUT2D eigenvalue weighted by molar-refractivity contribution is 6.30. The van der Waals surface area contributed by atoms with Crippen molar-refractivity contribution in [2.75, 3.05) is 70.8 Å². The second-order valence-corrected chi connectivity index (χ2v) is 12.9. The molecule has 0 unspecified atom stereocenters. The normalized spacial score (nSPS) is 19.6. The van der Waals surface area contributed by atoms with Crippen molar-refractivity contribution in [2.45, 2.75) is 19.4 Å². The van der Waals surface area contributed by atoms with Crippen LogP contribution in [0.15, 0.2) is 54.9 Å². The zero-order chi connectivity index (χ0) is 29.2. The average Bonchev–Trinajstić information content (AvgIpc) is 3.40. The Morgan fingerprint density at radius 3 is 2.33 bits per heavy atom. The Kier molecular flexibility index (Phi) is 8.59. The average molecular weight is 603 g/mol. The van der Waals surface area contributed by atoms with Crippen LogP contribution in [0, 0.1) is 17.7 Å². The number of H-pyrrole nitrogens is 1. The number of benzene rings is 2. The molecule has 5 heterocycles. The molecule has 3 aliphatic rings. The summed E-state index contributed by atoms with van der Waals surface area (Å²) in [5.41, 5.74) is 4.73. The van der Waals surface area contributed by atoms with Gasteiger partial charge in [0, 0.05) is 93.0 Å². The van der Waals surface area contributed by atoms with E-state index in [-0.39, 0.29) is 0 Å². The van der Waals surface area contributed by atoms with Crippen molar-refractivity contribution in [2.24, 2.45) is 11.8 Å². The Bertz CT molecular complexity index is 1500. The van der Waals surface area contributed by atoms with Crippen LogP contribution in [0.3, 0.4) is 0 Å². The van der Waals surface area contributed by atoms with Gasteiger partial charge < -0.3 is 25.4 Å². The van der Waals surface area contributed by atoms with Gasteiger partial charge in [0.15, 0.2) is 0 Å². The summed E-state index contributed by atoms with van der Waals surface area (Å²) >= 11 is 5.97. The number of aromatic nitrogens is 3. The van der Waals surface area contributed by atoms with Crippen LogP contribution in [0.5, 0.6) is 0 Å². The summed E-state index contributed by atoms with van der Waals surface area (Å²) in [5, 5.41) is 7.68. The maximum atomic E-state index is 13.7. The zero-order valence-corrected chi connectivity index (χ0v) is 25.3. The van der Waals surface area contributed by atoms with Crippen LogP contribution in [0.1, 0.15) is 18.4 Å². The molecule has 0 atom stereocenters. The Hall–Kier alpha value is -3.08. The van der Waals surface area contributed by atoms with Gasteiger partial charge in [-0.05, 0) is 67.1 Å². The first-order valence-corrected chi connectivity index (χ1v) is 16.0. The SMILES string of the molecule is Fc1cc(Cl)cc(Nc2ncc3c(-c4ccc(CN5CCN(CC6CCN(CC7CNC7)CC6)CC5)cc4)c[nH]c3n2)c1. The summed E-state index contributed by atoms with van der Waals surface area (Å²) in [6.07, 6.45) is 6.47. The van der Waals surface area contributed by atoms with Gasteiger partial charge in [-0.1, -0.05) is 35.9 Å². The van der Waals surface area contributed by atoms with Crippen molar-refractivity contribution in [3.8, 4) is 11.1 Å². The van der Waals surface area contributed by atoms with Gasteiger partial charge in [0.25, 0.3) is 0 Å². The molecule has 0 amide bonds. The monoisotopic (exact) mass is 602 g/mol. The predicted octanol–water partition coefficient (Wildman–Crippen LogP) is 5.21. The highest BCUT2D eigenvalue weighted by atomic mass is 35.5. The Morgan fingerprint density at radius 2 is 1.60 bits per heavy atom. The van der Waals surface area contributed by atoms with Crippen LogP contribution < -0.4 is 10.6 Å². The fourth-order valence-corrected chi connectivity index (χ4v) is 6.92. The third kappa shape index (κ3) is 7.02. The van der Waals surface area contributed by atoms with Crippen LogP contribution >= 0.6 is 11.6 Å². The topological polar surface area (TPSA) is 75.4 Å². The zero-order valence-electron chi connectivity index (χ0n) is 24.5. The maximum absolute atomic E-state index is 13.7. The molecule has 2 aromatic carbocycles. The minimum absolute atomic E-state index is 0.315. The minimum atomic E-state index is -0.414. The highest BCUT2D eigenvalue weighted by Gasteiger charge is 2.26. The Labute approximate surface area is 257 Å². The molecule has 8 nitrogen and oxygen atoms in total. The number of anilines is 2. The molecule has 0 spiro atoms. The highest BCUT2D eigenvalue weighted by Crippen LogP contribution is 2.29. The van der Waals surface area contributed by atoms with E-state index in [1.54, 1.807) is 12.3 Å². The largest absolute Gasteiger partial charge is 0.345 e. The van der Waals surface area contributed by atoms with Crippen molar-refractivity contribution < 1.29 is 4.39 Å². The van der Waals surface area contributed by atoms with Gasteiger partial charge in [-0.25, -0.2) is 9.37 Å². The number of hydrogen-bond acceptors (Lipinski definition) is 7. The summed E-state index contributed by atoms with van der Waals surface area (Å²) in [6.45, 7) is 13.2. The van der Waals surface area contributed by atoms with Gasteiger partial charge in [0.05, 0.1) is 0 Å². The molecular formula is C33H40ClFN8. The quantitative estimate of drug-likeness (QED) is 0.243. The Morgan fingerprint density at radius 1 is 0.884 bits per heavy atom. The van der Waals surface area contributed by atoms with Gasteiger partial charge in [-0.2, -0.15) is 4.98 Å². The Balaban J connectivity index is 0.892. The lowest BCUT2D eigenvalue weighted by Crippen LogP contribution is -2.51. The summed E-state index contributed by atoms with van der Waals surface area (Å²) in [6, 6.07) is 13.1. The second-order valence-electron chi connectivity index (χ2n) is 12.5. The van der Waals surface area contributed by atoms with E-state index in [9.17, 15) is 4.39 Å². The first-order chi connectivity index (χ1) is 21.0. The van der Waals surface area contributed by atoms with E-state index in [1.807, 2.05) is 6.20 Å². The molecule has 3 saturated heterocycles. The predicted molar refractivity (Wildman–Crippen MR) is 171 cm³/mol.